The fraction of sp³-hybridized carbons (Fsp3) is 0.431. The zero-order chi connectivity index (χ0) is 45.5. The van der Waals surface area contributed by atoms with Crippen LogP contribution in [0.25, 0.3) is 22.0 Å². The summed E-state index contributed by atoms with van der Waals surface area (Å²) in [6.07, 6.45) is 4.36. The Bertz CT molecular complexity index is 2400. The molecule has 0 radical (unpaired) electrons. The summed E-state index contributed by atoms with van der Waals surface area (Å²) < 4.78 is 12.9. The molecule has 6 rings (SSSR count). The van der Waals surface area contributed by atoms with Gasteiger partial charge in [-0.1, -0.05) is 75.4 Å². The SMILES string of the molecule is CC(C)(C)OC(=O)N(c1ccc(CCCC(=O)Nc2ccc(CNC[C@H](O[Si](C)(C)C(C)(C)C)c3ccc(O)c4[nH]c(=O)ccc34)cc2)cc1-c1ccccc1)C1CCC(N)CC1. The number of phenolic OH excluding ortho intramolecular Hbond substituents is 1. The van der Waals surface area contributed by atoms with Crippen LogP contribution in [-0.4, -0.2) is 54.6 Å². The van der Waals surface area contributed by atoms with Crippen molar-refractivity contribution in [3.63, 3.8) is 0 Å². The first-order valence-electron chi connectivity index (χ1n) is 22.4. The molecule has 1 aliphatic carbocycles. The number of aromatic nitrogens is 1. The topological polar surface area (TPSA) is 159 Å². The molecule has 6 N–H and O–H groups in total. The highest BCUT2D eigenvalue weighted by molar-refractivity contribution is 6.74. The number of aromatic hydroxyl groups is 1. The Balaban J connectivity index is 1.08. The summed E-state index contributed by atoms with van der Waals surface area (Å²) in [5.74, 6) is -0.0357. The van der Waals surface area contributed by atoms with Crippen molar-refractivity contribution in [2.24, 2.45) is 5.73 Å². The molecule has 0 aliphatic heterocycles. The highest BCUT2D eigenvalue weighted by Crippen LogP contribution is 2.42. The predicted octanol–water partition coefficient (Wildman–Crippen LogP) is 10.7. The first kappa shape index (κ1) is 47.2. The van der Waals surface area contributed by atoms with E-state index in [9.17, 15) is 19.5 Å². The molecule has 2 amide bonds. The zero-order valence-corrected chi connectivity index (χ0v) is 39.3. The lowest BCUT2D eigenvalue weighted by molar-refractivity contribution is -0.116. The van der Waals surface area contributed by atoms with Crippen molar-refractivity contribution in [2.75, 3.05) is 16.8 Å². The molecular weight excluding hydrogens is 807 g/mol. The number of fused-ring (bicyclic) bond motifs is 1. The summed E-state index contributed by atoms with van der Waals surface area (Å²) >= 11 is 0. The first-order chi connectivity index (χ1) is 29.8. The van der Waals surface area contributed by atoms with E-state index in [2.05, 4.69) is 73.7 Å². The van der Waals surface area contributed by atoms with E-state index >= 15 is 0 Å². The van der Waals surface area contributed by atoms with Crippen LogP contribution in [0.2, 0.25) is 18.1 Å². The second kappa shape index (κ2) is 20.1. The summed E-state index contributed by atoms with van der Waals surface area (Å²) in [6.45, 7) is 17.8. The Morgan fingerprint density at radius 1 is 0.889 bits per heavy atom. The third-order valence-corrected chi connectivity index (χ3v) is 16.9. The normalized spacial score (nSPS) is 16.4. The third kappa shape index (κ3) is 12.5. The Labute approximate surface area is 373 Å². The van der Waals surface area contributed by atoms with Crippen LogP contribution < -0.4 is 26.8 Å². The molecule has 0 bridgehead atoms. The predicted molar refractivity (Wildman–Crippen MR) is 258 cm³/mol. The summed E-state index contributed by atoms with van der Waals surface area (Å²) in [5.41, 5.74) is 12.3. The summed E-state index contributed by atoms with van der Waals surface area (Å²) in [7, 11) is -2.22. The van der Waals surface area contributed by atoms with E-state index in [0.29, 0.717) is 37.9 Å². The third-order valence-electron chi connectivity index (χ3n) is 12.4. The molecule has 63 heavy (non-hydrogen) atoms. The van der Waals surface area contributed by atoms with Crippen LogP contribution in [0.3, 0.4) is 0 Å². The summed E-state index contributed by atoms with van der Waals surface area (Å²) in [6, 6.07) is 31.0. The number of hydrogen-bond donors (Lipinski definition) is 5. The van der Waals surface area contributed by atoms with Crippen molar-refractivity contribution < 1.29 is 23.9 Å². The number of carbonyl (C=O) groups is 2. The number of aryl methyl sites for hydroxylation is 1. The maximum atomic E-state index is 13.9. The van der Waals surface area contributed by atoms with Gasteiger partial charge in [-0.05, 0) is 136 Å². The number of rotatable bonds is 15. The molecule has 1 heterocycles. The first-order valence-corrected chi connectivity index (χ1v) is 25.3. The fourth-order valence-electron chi connectivity index (χ4n) is 7.93. The van der Waals surface area contributed by atoms with Gasteiger partial charge in [0, 0.05) is 54.3 Å². The van der Waals surface area contributed by atoms with Gasteiger partial charge in [0.1, 0.15) is 11.4 Å². The van der Waals surface area contributed by atoms with Crippen molar-refractivity contribution in [1.82, 2.24) is 10.3 Å². The number of amides is 2. The average molecular weight is 874 g/mol. The monoisotopic (exact) mass is 873 g/mol. The lowest BCUT2D eigenvalue weighted by Crippen LogP contribution is -2.46. The van der Waals surface area contributed by atoms with Gasteiger partial charge in [-0.2, -0.15) is 0 Å². The van der Waals surface area contributed by atoms with Gasteiger partial charge < -0.3 is 35.6 Å². The molecule has 1 aliphatic rings. The van der Waals surface area contributed by atoms with E-state index in [4.69, 9.17) is 14.9 Å². The number of nitrogens with zero attached hydrogens (tertiary/aromatic N) is 1. The van der Waals surface area contributed by atoms with Crippen LogP contribution in [0.1, 0.15) is 103 Å². The molecule has 1 saturated carbocycles. The van der Waals surface area contributed by atoms with E-state index in [1.165, 1.54) is 6.07 Å². The molecule has 336 valence electrons. The molecule has 4 aromatic carbocycles. The average Bonchev–Trinajstić information content (AvgIpc) is 3.22. The van der Waals surface area contributed by atoms with Gasteiger partial charge in [0.15, 0.2) is 8.32 Å². The van der Waals surface area contributed by atoms with Gasteiger partial charge in [0.05, 0.1) is 17.3 Å². The number of nitrogens with two attached hydrogens (primary N) is 1. The molecule has 0 spiro atoms. The van der Waals surface area contributed by atoms with Crippen LogP contribution in [0.5, 0.6) is 5.75 Å². The minimum absolute atomic E-state index is 0.0194. The second-order valence-corrected chi connectivity index (χ2v) is 24.3. The number of hydrogen-bond acceptors (Lipinski definition) is 8. The number of aromatic amines is 1. The number of H-pyrrole nitrogens is 1. The molecule has 5 aromatic rings. The molecule has 0 saturated heterocycles. The van der Waals surface area contributed by atoms with Crippen molar-refractivity contribution in [2.45, 2.75) is 135 Å². The van der Waals surface area contributed by atoms with Crippen molar-refractivity contribution in [1.29, 1.82) is 0 Å². The highest BCUT2D eigenvalue weighted by atomic mass is 28.4. The number of carbonyl (C=O) groups excluding carboxylic acids is 2. The highest BCUT2D eigenvalue weighted by Gasteiger charge is 2.40. The van der Waals surface area contributed by atoms with E-state index < -0.39 is 13.9 Å². The van der Waals surface area contributed by atoms with Crippen molar-refractivity contribution >= 4 is 42.6 Å². The zero-order valence-electron chi connectivity index (χ0n) is 38.3. The Hall–Kier alpha value is -5.27. The molecule has 0 unspecified atom stereocenters. The van der Waals surface area contributed by atoms with Gasteiger partial charge in [-0.15, -0.1) is 0 Å². The maximum absolute atomic E-state index is 13.9. The van der Waals surface area contributed by atoms with Crippen molar-refractivity contribution in [3.05, 3.63) is 124 Å². The smallest absolute Gasteiger partial charge is 0.415 e. The number of pyridine rings is 1. The largest absolute Gasteiger partial charge is 0.506 e. The van der Waals surface area contributed by atoms with Crippen LogP contribution in [-0.2, 0) is 26.9 Å². The lowest BCUT2D eigenvalue weighted by atomic mass is 9.89. The molecular formula is C51H67N5O6Si. The summed E-state index contributed by atoms with van der Waals surface area (Å²) in [4.78, 5) is 43.8. The van der Waals surface area contributed by atoms with E-state index in [0.717, 1.165) is 70.3 Å². The molecule has 12 heteroatoms. The number of anilines is 2. The Morgan fingerprint density at radius 2 is 1.57 bits per heavy atom. The fourth-order valence-corrected chi connectivity index (χ4v) is 9.21. The standard InChI is InChI=1S/C51H67N5O6Si/c1-50(2,3)61-49(60)56(39-24-20-37(52)21-25-39)43-28-19-34(31-42(43)36-14-10-9-11-15-36)13-12-16-46(58)54-38-22-17-35(18-23-38)32-53-33-45(62-63(7,8)51(4,5)6)40-26-29-44(57)48-41(40)27-30-47(59)55-48/h9-11,14-15,17-19,22-23,26-31,37,39,45,53,57H,12-13,16,20-21,24-25,32-33,52H2,1-8H3,(H,54,58)(H,55,59)/t37?,39?,45-/m0/s1. The van der Waals surface area contributed by atoms with Gasteiger partial charge in [0.2, 0.25) is 11.5 Å². The number of ether oxygens (including phenoxy) is 1. The van der Waals surface area contributed by atoms with E-state index in [1.54, 1.807) is 12.1 Å². The van der Waals surface area contributed by atoms with Gasteiger partial charge in [0.25, 0.3) is 0 Å². The molecule has 11 nitrogen and oxygen atoms in total. The molecule has 1 aromatic heterocycles. The van der Waals surface area contributed by atoms with Gasteiger partial charge in [-0.25, -0.2) is 4.79 Å². The van der Waals surface area contributed by atoms with Gasteiger partial charge in [-0.3, -0.25) is 14.5 Å². The van der Waals surface area contributed by atoms with E-state index in [-0.39, 0.29) is 46.5 Å². The maximum Gasteiger partial charge on any atom is 0.415 e. The molecule has 1 atom stereocenters. The van der Waals surface area contributed by atoms with Crippen LogP contribution >= 0.6 is 0 Å². The van der Waals surface area contributed by atoms with Crippen molar-refractivity contribution in [3.8, 4) is 16.9 Å². The number of nitrogens with one attached hydrogen (secondary N) is 3. The minimum atomic E-state index is -2.22. The van der Waals surface area contributed by atoms with Crippen LogP contribution in [0.15, 0.2) is 102 Å². The molecule has 1 fully saturated rings. The van der Waals surface area contributed by atoms with Crippen LogP contribution in [0.4, 0.5) is 16.2 Å². The van der Waals surface area contributed by atoms with Gasteiger partial charge >= 0.3 is 6.09 Å². The lowest BCUT2D eigenvalue weighted by Gasteiger charge is -2.39. The number of phenols is 1. The van der Waals surface area contributed by atoms with Crippen LogP contribution in [0, 0.1) is 0 Å². The Morgan fingerprint density at radius 3 is 2.24 bits per heavy atom. The summed E-state index contributed by atoms with van der Waals surface area (Å²) in [5, 5.41) is 17.9. The van der Waals surface area contributed by atoms with E-state index in [1.807, 2.05) is 80.3 Å². The number of benzene rings is 4. The minimum Gasteiger partial charge on any atom is -0.506 e. The Kier molecular flexibility index (Phi) is 15.0. The second-order valence-electron chi connectivity index (χ2n) is 19.5. The quantitative estimate of drug-likeness (QED) is 0.0650.